The van der Waals surface area contributed by atoms with Crippen molar-refractivity contribution in [2.24, 2.45) is 0 Å². The molecule has 1 N–H and O–H groups in total. The van der Waals surface area contributed by atoms with E-state index in [9.17, 15) is 5.11 Å². The highest BCUT2D eigenvalue weighted by molar-refractivity contribution is 5.49. The summed E-state index contributed by atoms with van der Waals surface area (Å²) in [5.41, 5.74) is 2.49. The van der Waals surface area contributed by atoms with Gasteiger partial charge in [0.15, 0.2) is 0 Å². The van der Waals surface area contributed by atoms with Gasteiger partial charge in [0, 0.05) is 24.8 Å². The second-order valence-electron chi connectivity index (χ2n) is 5.11. The highest BCUT2D eigenvalue weighted by atomic mass is 16.3. The number of benzene rings is 1. The molecule has 3 nitrogen and oxygen atoms in total. The molecule has 0 aliphatic carbocycles. The number of hydrogen-bond acceptors (Lipinski definition) is 3. The van der Waals surface area contributed by atoms with E-state index in [-0.39, 0.29) is 12.6 Å². The van der Waals surface area contributed by atoms with Crippen LogP contribution in [-0.4, -0.2) is 48.8 Å². The summed E-state index contributed by atoms with van der Waals surface area (Å²) < 4.78 is 0. The lowest BCUT2D eigenvalue weighted by molar-refractivity contribution is 0.155. The predicted octanol–water partition coefficient (Wildman–Crippen LogP) is 1.50. The average molecular weight is 234 g/mol. The number of piperazine rings is 1. The van der Waals surface area contributed by atoms with Gasteiger partial charge in [-0.15, -0.1) is 0 Å². The molecule has 0 bridgehead atoms. The molecular formula is C14H22N2O. The van der Waals surface area contributed by atoms with Crippen molar-refractivity contribution < 1.29 is 5.11 Å². The molecule has 1 aliphatic heterocycles. The summed E-state index contributed by atoms with van der Waals surface area (Å²) in [5.74, 6) is 0. The Morgan fingerprint density at radius 1 is 1.24 bits per heavy atom. The van der Waals surface area contributed by atoms with Gasteiger partial charge in [0.25, 0.3) is 0 Å². The average Bonchev–Trinajstić information content (AvgIpc) is 2.33. The van der Waals surface area contributed by atoms with Crippen molar-refractivity contribution >= 4 is 5.69 Å². The van der Waals surface area contributed by atoms with Gasteiger partial charge in [0.2, 0.25) is 0 Å². The maximum absolute atomic E-state index is 9.51. The molecule has 0 radical (unpaired) electrons. The fraction of sp³-hybridized carbons (Fsp3) is 0.571. The molecule has 0 spiro atoms. The standard InChI is InChI=1S/C14H22N2O/c1-11-4-6-13(7-5-11)16-8-12(2)15(3)9-14(16)10-17/h4-7,12,14,17H,8-10H2,1-3H3. The van der Waals surface area contributed by atoms with Crippen LogP contribution in [0, 0.1) is 6.92 Å². The molecule has 2 unspecified atom stereocenters. The van der Waals surface area contributed by atoms with Gasteiger partial charge in [-0.2, -0.15) is 0 Å². The minimum absolute atomic E-state index is 0.207. The van der Waals surface area contributed by atoms with Crippen LogP contribution in [-0.2, 0) is 0 Å². The first-order valence-corrected chi connectivity index (χ1v) is 6.26. The quantitative estimate of drug-likeness (QED) is 0.840. The molecule has 1 heterocycles. The molecule has 0 saturated carbocycles. The molecule has 2 rings (SSSR count). The second-order valence-corrected chi connectivity index (χ2v) is 5.11. The smallest absolute Gasteiger partial charge is 0.0648 e. The number of anilines is 1. The second kappa shape index (κ2) is 5.07. The van der Waals surface area contributed by atoms with E-state index in [1.807, 2.05) is 0 Å². The van der Waals surface area contributed by atoms with Gasteiger partial charge in [-0.1, -0.05) is 17.7 Å². The van der Waals surface area contributed by atoms with E-state index in [1.54, 1.807) is 0 Å². The Bertz CT molecular complexity index is 363. The third-order valence-electron chi connectivity index (χ3n) is 3.73. The maximum atomic E-state index is 9.51. The van der Waals surface area contributed by atoms with Crippen LogP contribution in [0.5, 0.6) is 0 Å². The normalized spacial score (nSPS) is 26.2. The van der Waals surface area contributed by atoms with E-state index < -0.39 is 0 Å². The third-order valence-corrected chi connectivity index (χ3v) is 3.73. The zero-order valence-corrected chi connectivity index (χ0v) is 10.9. The van der Waals surface area contributed by atoms with Crippen molar-refractivity contribution in [3.63, 3.8) is 0 Å². The molecule has 1 aromatic carbocycles. The largest absolute Gasteiger partial charge is 0.394 e. The van der Waals surface area contributed by atoms with Gasteiger partial charge in [-0.3, -0.25) is 4.90 Å². The lowest BCUT2D eigenvalue weighted by Crippen LogP contribution is -2.57. The first-order valence-electron chi connectivity index (χ1n) is 6.26. The minimum atomic E-state index is 0.207. The Kier molecular flexibility index (Phi) is 3.69. The van der Waals surface area contributed by atoms with Gasteiger partial charge in [0.1, 0.15) is 0 Å². The van der Waals surface area contributed by atoms with Crippen LogP contribution in [0.15, 0.2) is 24.3 Å². The monoisotopic (exact) mass is 234 g/mol. The molecular weight excluding hydrogens is 212 g/mol. The SMILES string of the molecule is Cc1ccc(N2CC(C)N(C)CC2CO)cc1. The van der Waals surface area contributed by atoms with Crippen LogP contribution in [0.3, 0.4) is 0 Å². The van der Waals surface area contributed by atoms with Crippen LogP contribution in [0.4, 0.5) is 5.69 Å². The highest BCUT2D eigenvalue weighted by Gasteiger charge is 2.28. The van der Waals surface area contributed by atoms with Crippen molar-refractivity contribution in [1.29, 1.82) is 0 Å². The van der Waals surface area contributed by atoms with Crippen LogP contribution in [0.25, 0.3) is 0 Å². The number of aryl methyl sites for hydroxylation is 1. The van der Waals surface area contributed by atoms with Gasteiger partial charge in [0.05, 0.1) is 12.6 Å². The molecule has 1 aliphatic rings. The van der Waals surface area contributed by atoms with Gasteiger partial charge >= 0.3 is 0 Å². The van der Waals surface area contributed by atoms with E-state index in [0.717, 1.165) is 13.1 Å². The van der Waals surface area contributed by atoms with Crippen LogP contribution < -0.4 is 4.90 Å². The fourth-order valence-electron chi connectivity index (χ4n) is 2.39. The number of likely N-dealkylation sites (N-methyl/N-ethyl adjacent to an activating group) is 1. The van der Waals surface area contributed by atoms with E-state index in [4.69, 9.17) is 0 Å². The van der Waals surface area contributed by atoms with E-state index >= 15 is 0 Å². The Balaban J connectivity index is 2.20. The summed E-state index contributed by atoms with van der Waals surface area (Å²) in [6.07, 6.45) is 0. The van der Waals surface area contributed by atoms with Crippen molar-refractivity contribution in [1.82, 2.24) is 4.90 Å². The van der Waals surface area contributed by atoms with Crippen LogP contribution in [0.1, 0.15) is 12.5 Å². The zero-order chi connectivity index (χ0) is 12.4. The van der Waals surface area contributed by atoms with Gasteiger partial charge in [-0.05, 0) is 33.0 Å². The molecule has 17 heavy (non-hydrogen) atoms. The van der Waals surface area contributed by atoms with Crippen molar-refractivity contribution in [2.75, 3.05) is 31.6 Å². The molecule has 0 amide bonds. The Morgan fingerprint density at radius 3 is 2.47 bits per heavy atom. The number of rotatable bonds is 2. The summed E-state index contributed by atoms with van der Waals surface area (Å²) in [5, 5.41) is 9.51. The molecule has 1 fully saturated rings. The molecule has 94 valence electrons. The number of aliphatic hydroxyl groups is 1. The van der Waals surface area contributed by atoms with Gasteiger partial charge in [-0.25, -0.2) is 0 Å². The maximum Gasteiger partial charge on any atom is 0.0648 e. The van der Waals surface area contributed by atoms with Crippen LogP contribution >= 0.6 is 0 Å². The summed E-state index contributed by atoms with van der Waals surface area (Å²) in [6, 6.07) is 9.30. The Labute approximate surface area is 104 Å². The summed E-state index contributed by atoms with van der Waals surface area (Å²) >= 11 is 0. The van der Waals surface area contributed by atoms with E-state index in [0.29, 0.717) is 6.04 Å². The number of aliphatic hydroxyl groups excluding tert-OH is 1. The predicted molar refractivity (Wildman–Crippen MR) is 71.5 cm³/mol. The van der Waals surface area contributed by atoms with Gasteiger partial charge < -0.3 is 10.0 Å². The molecule has 0 aromatic heterocycles. The van der Waals surface area contributed by atoms with E-state index in [1.165, 1.54) is 11.3 Å². The van der Waals surface area contributed by atoms with E-state index in [2.05, 4.69) is 55.0 Å². The number of hydrogen-bond donors (Lipinski definition) is 1. The topological polar surface area (TPSA) is 26.7 Å². The summed E-state index contributed by atoms with van der Waals surface area (Å²) in [6.45, 7) is 6.44. The summed E-state index contributed by atoms with van der Waals surface area (Å²) in [4.78, 5) is 4.63. The van der Waals surface area contributed by atoms with Crippen molar-refractivity contribution in [2.45, 2.75) is 25.9 Å². The highest BCUT2D eigenvalue weighted by Crippen LogP contribution is 2.22. The zero-order valence-electron chi connectivity index (χ0n) is 10.9. The van der Waals surface area contributed by atoms with Crippen molar-refractivity contribution in [3.8, 4) is 0 Å². The Morgan fingerprint density at radius 2 is 1.88 bits per heavy atom. The molecule has 3 heteroatoms. The fourth-order valence-corrected chi connectivity index (χ4v) is 2.39. The van der Waals surface area contributed by atoms with Crippen molar-refractivity contribution in [3.05, 3.63) is 29.8 Å². The number of nitrogens with zero attached hydrogens (tertiary/aromatic N) is 2. The summed E-state index contributed by atoms with van der Waals surface area (Å²) in [7, 11) is 2.12. The third kappa shape index (κ3) is 2.61. The minimum Gasteiger partial charge on any atom is -0.394 e. The molecule has 2 atom stereocenters. The lowest BCUT2D eigenvalue weighted by atomic mass is 10.1. The Hall–Kier alpha value is -1.06. The first-order chi connectivity index (χ1) is 8.11. The lowest BCUT2D eigenvalue weighted by Gasteiger charge is -2.44. The van der Waals surface area contributed by atoms with Crippen LogP contribution in [0.2, 0.25) is 0 Å². The first kappa shape index (κ1) is 12.4. The molecule has 1 aromatic rings. The molecule has 1 saturated heterocycles.